The molecule has 0 atom stereocenters. The predicted octanol–water partition coefficient (Wildman–Crippen LogP) is 2.38. The molecule has 0 saturated carbocycles. The minimum Gasteiger partial charge on any atom is -0.384 e. The molecule has 0 radical (unpaired) electrons. The van der Waals surface area contributed by atoms with Crippen LogP contribution in [-0.2, 0) is 9.53 Å². The molecule has 2 rings (SSSR count). The zero-order valence-corrected chi connectivity index (χ0v) is 12.8. The number of amides is 1. The molecule has 1 aromatic heterocycles. The van der Waals surface area contributed by atoms with E-state index in [4.69, 9.17) is 15.9 Å². The SMILES string of the molecule is COCCC(=O)Nc1cccc(Nc2ccnc(N)c2C=N)c1. The summed E-state index contributed by atoms with van der Waals surface area (Å²) in [4.78, 5) is 15.7. The molecule has 7 nitrogen and oxygen atoms in total. The quantitative estimate of drug-likeness (QED) is 0.586. The number of anilines is 4. The summed E-state index contributed by atoms with van der Waals surface area (Å²) in [6, 6.07) is 9.02. The van der Waals surface area contributed by atoms with E-state index in [1.54, 1.807) is 31.5 Å². The summed E-state index contributed by atoms with van der Waals surface area (Å²) in [5.41, 5.74) is 8.39. The molecule has 5 N–H and O–H groups in total. The Morgan fingerprint density at radius 1 is 1.39 bits per heavy atom. The number of aromatic nitrogens is 1. The molecule has 1 amide bonds. The third-order valence-electron chi connectivity index (χ3n) is 3.12. The molecular weight excluding hydrogens is 294 g/mol. The van der Waals surface area contributed by atoms with Crippen LogP contribution in [0.4, 0.5) is 22.9 Å². The smallest absolute Gasteiger partial charge is 0.226 e. The second-order valence-electron chi connectivity index (χ2n) is 4.80. The second kappa shape index (κ2) is 7.90. The topological polar surface area (TPSA) is 113 Å². The van der Waals surface area contributed by atoms with Crippen molar-refractivity contribution in [1.29, 1.82) is 5.41 Å². The fourth-order valence-electron chi connectivity index (χ4n) is 2.00. The maximum atomic E-state index is 11.7. The van der Waals surface area contributed by atoms with Gasteiger partial charge in [0.15, 0.2) is 0 Å². The summed E-state index contributed by atoms with van der Waals surface area (Å²) in [5.74, 6) is 0.173. The van der Waals surface area contributed by atoms with Gasteiger partial charge in [-0.3, -0.25) is 4.79 Å². The van der Waals surface area contributed by atoms with E-state index in [-0.39, 0.29) is 11.7 Å². The molecule has 0 aliphatic heterocycles. The third kappa shape index (κ3) is 4.52. The normalized spacial score (nSPS) is 10.1. The van der Waals surface area contributed by atoms with E-state index in [0.29, 0.717) is 30.0 Å². The fraction of sp³-hybridized carbons (Fsp3) is 0.188. The number of carbonyl (C=O) groups excluding carboxylic acids is 1. The van der Waals surface area contributed by atoms with Gasteiger partial charge >= 0.3 is 0 Å². The molecule has 2 aromatic rings. The summed E-state index contributed by atoms with van der Waals surface area (Å²) in [6.45, 7) is 0.378. The van der Waals surface area contributed by atoms with Crippen LogP contribution >= 0.6 is 0 Å². The van der Waals surface area contributed by atoms with Gasteiger partial charge in [0, 0.05) is 30.9 Å². The van der Waals surface area contributed by atoms with Crippen LogP contribution < -0.4 is 16.4 Å². The molecular formula is C16H19N5O2. The van der Waals surface area contributed by atoms with Crippen LogP contribution in [0.1, 0.15) is 12.0 Å². The van der Waals surface area contributed by atoms with Gasteiger partial charge in [-0.15, -0.1) is 0 Å². The monoisotopic (exact) mass is 313 g/mol. The molecule has 0 bridgehead atoms. The largest absolute Gasteiger partial charge is 0.384 e. The Bertz CT molecular complexity index is 703. The van der Waals surface area contributed by atoms with Gasteiger partial charge < -0.3 is 26.5 Å². The van der Waals surface area contributed by atoms with Crippen LogP contribution in [0.5, 0.6) is 0 Å². The minimum absolute atomic E-state index is 0.114. The van der Waals surface area contributed by atoms with Crippen LogP contribution in [0.3, 0.4) is 0 Å². The Morgan fingerprint density at radius 2 is 2.17 bits per heavy atom. The van der Waals surface area contributed by atoms with Crippen molar-refractivity contribution in [3.8, 4) is 0 Å². The highest BCUT2D eigenvalue weighted by atomic mass is 16.5. The summed E-state index contributed by atoms with van der Waals surface area (Å²) in [7, 11) is 1.55. The first-order valence-corrected chi connectivity index (χ1v) is 7.05. The molecule has 1 aromatic carbocycles. The van der Waals surface area contributed by atoms with E-state index in [9.17, 15) is 4.79 Å². The van der Waals surface area contributed by atoms with E-state index >= 15 is 0 Å². The molecule has 7 heteroatoms. The highest BCUT2D eigenvalue weighted by molar-refractivity contribution is 5.93. The number of benzene rings is 1. The first kappa shape index (κ1) is 16.4. The molecule has 120 valence electrons. The van der Waals surface area contributed by atoms with Crippen molar-refractivity contribution in [2.45, 2.75) is 6.42 Å². The average molecular weight is 313 g/mol. The second-order valence-corrected chi connectivity index (χ2v) is 4.80. The summed E-state index contributed by atoms with van der Waals surface area (Å²) in [6.07, 6.45) is 3.02. The van der Waals surface area contributed by atoms with Gasteiger partial charge in [-0.25, -0.2) is 4.98 Å². The Hall–Kier alpha value is -2.93. The number of hydrogen-bond donors (Lipinski definition) is 4. The molecule has 0 unspecified atom stereocenters. The molecule has 1 heterocycles. The standard InChI is InChI=1S/C16H19N5O2/c1-23-8-6-15(22)21-12-4-2-3-11(9-12)20-14-5-7-19-16(18)13(14)10-17/h2-5,7,9-10,17H,6,8H2,1H3,(H,21,22)(H3,18,19,20). The molecule has 23 heavy (non-hydrogen) atoms. The van der Waals surface area contributed by atoms with Crippen molar-refractivity contribution < 1.29 is 9.53 Å². The number of hydrogen-bond acceptors (Lipinski definition) is 6. The molecule has 0 aliphatic rings. The third-order valence-corrected chi connectivity index (χ3v) is 3.12. The summed E-state index contributed by atoms with van der Waals surface area (Å²) in [5, 5.41) is 13.4. The maximum Gasteiger partial charge on any atom is 0.226 e. The van der Waals surface area contributed by atoms with E-state index in [2.05, 4.69) is 15.6 Å². The first-order chi connectivity index (χ1) is 11.1. The first-order valence-electron chi connectivity index (χ1n) is 7.05. The van der Waals surface area contributed by atoms with Crippen LogP contribution in [0.25, 0.3) is 0 Å². The van der Waals surface area contributed by atoms with Crippen molar-refractivity contribution >= 4 is 35.0 Å². The molecule has 0 spiro atoms. The lowest BCUT2D eigenvalue weighted by Crippen LogP contribution is -2.13. The zero-order chi connectivity index (χ0) is 16.7. The van der Waals surface area contributed by atoms with Crippen LogP contribution in [0, 0.1) is 5.41 Å². The minimum atomic E-state index is -0.114. The Balaban J connectivity index is 2.13. The number of ether oxygens (including phenoxy) is 1. The van der Waals surface area contributed by atoms with Gasteiger partial charge in [-0.2, -0.15) is 0 Å². The van der Waals surface area contributed by atoms with Crippen molar-refractivity contribution in [3.63, 3.8) is 0 Å². The highest BCUT2D eigenvalue weighted by Crippen LogP contribution is 2.24. The number of methoxy groups -OCH3 is 1. The van der Waals surface area contributed by atoms with Crippen molar-refractivity contribution in [2.24, 2.45) is 0 Å². The lowest BCUT2D eigenvalue weighted by Gasteiger charge is -2.12. The lowest BCUT2D eigenvalue weighted by atomic mass is 10.2. The lowest BCUT2D eigenvalue weighted by molar-refractivity contribution is -0.117. The van der Waals surface area contributed by atoms with Gasteiger partial charge in [-0.05, 0) is 24.3 Å². The maximum absolute atomic E-state index is 11.7. The van der Waals surface area contributed by atoms with Gasteiger partial charge in [0.1, 0.15) is 5.82 Å². The Morgan fingerprint density at radius 3 is 2.91 bits per heavy atom. The number of nitrogens with zero attached hydrogens (tertiary/aromatic N) is 1. The van der Waals surface area contributed by atoms with E-state index in [1.165, 1.54) is 0 Å². The van der Waals surface area contributed by atoms with Crippen LogP contribution in [0.15, 0.2) is 36.5 Å². The number of nitrogens with two attached hydrogens (primary N) is 1. The van der Waals surface area contributed by atoms with Gasteiger partial charge in [-0.1, -0.05) is 6.07 Å². The van der Waals surface area contributed by atoms with E-state index < -0.39 is 0 Å². The summed E-state index contributed by atoms with van der Waals surface area (Å²) >= 11 is 0. The zero-order valence-electron chi connectivity index (χ0n) is 12.8. The van der Waals surface area contributed by atoms with E-state index in [0.717, 1.165) is 11.9 Å². The number of rotatable bonds is 7. The van der Waals surface area contributed by atoms with E-state index in [1.807, 2.05) is 12.1 Å². The number of pyridine rings is 1. The van der Waals surface area contributed by atoms with Crippen molar-refractivity contribution in [1.82, 2.24) is 4.98 Å². The Kier molecular flexibility index (Phi) is 5.65. The summed E-state index contributed by atoms with van der Waals surface area (Å²) < 4.78 is 4.88. The molecule has 0 fully saturated rings. The molecule has 0 saturated heterocycles. The van der Waals surface area contributed by atoms with Crippen LogP contribution in [0.2, 0.25) is 0 Å². The number of nitrogens with one attached hydrogen (secondary N) is 3. The fourth-order valence-corrected chi connectivity index (χ4v) is 2.00. The van der Waals surface area contributed by atoms with Gasteiger partial charge in [0.25, 0.3) is 0 Å². The van der Waals surface area contributed by atoms with Gasteiger partial charge in [0.2, 0.25) is 5.91 Å². The number of nitrogen functional groups attached to an aromatic ring is 1. The van der Waals surface area contributed by atoms with Crippen molar-refractivity contribution in [3.05, 3.63) is 42.1 Å². The van der Waals surface area contributed by atoms with Crippen LogP contribution in [-0.4, -0.2) is 30.8 Å². The highest BCUT2D eigenvalue weighted by Gasteiger charge is 2.07. The Labute approximate surface area is 134 Å². The average Bonchev–Trinajstić information content (AvgIpc) is 2.53. The van der Waals surface area contributed by atoms with Gasteiger partial charge in [0.05, 0.1) is 24.3 Å². The molecule has 0 aliphatic carbocycles. The van der Waals surface area contributed by atoms with Crippen molar-refractivity contribution in [2.75, 3.05) is 30.1 Å². The predicted molar refractivity (Wildman–Crippen MR) is 91.4 cm³/mol. The number of carbonyl (C=O) groups is 1.